The lowest BCUT2D eigenvalue weighted by Gasteiger charge is -2.38. The molecule has 2 aliphatic rings. The maximum Gasteiger partial charge on any atom is 0.254 e. The zero-order valence-corrected chi connectivity index (χ0v) is 18.5. The van der Waals surface area contributed by atoms with Gasteiger partial charge in [0.1, 0.15) is 0 Å². The molecule has 1 fully saturated rings. The van der Waals surface area contributed by atoms with Gasteiger partial charge < -0.3 is 14.7 Å². The minimum absolute atomic E-state index is 0.0494. The molecule has 0 aliphatic carbocycles. The molecule has 2 amide bonds. The van der Waals surface area contributed by atoms with Gasteiger partial charge in [-0.2, -0.15) is 0 Å². The summed E-state index contributed by atoms with van der Waals surface area (Å²) in [7, 11) is 1.93. The zero-order chi connectivity index (χ0) is 21.6. The van der Waals surface area contributed by atoms with Gasteiger partial charge in [0.25, 0.3) is 5.91 Å². The van der Waals surface area contributed by atoms with Gasteiger partial charge in [0.15, 0.2) is 0 Å². The summed E-state index contributed by atoms with van der Waals surface area (Å²) < 4.78 is 0. The molecule has 2 aromatic rings. The topological polar surface area (TPSA) is 43.9 Å². The van der Waals surface area contributed by atoms with Crippen LogP contribution in [0.25, 0.3) is 0 Å². The van der Waals surface area contributed by atoms with E-state index in [1.807, 2.05) is 36.2 Å². The van der Waals surface area contributed by atoms with Crippen LogP contribution in [0.3, 0.4) is 0 Å². The summed E-state index contributed by atoms with van der Waals surface area (Å²) in [5.74, 6) is 0.188. The minimum atomic E-state index is 0.0494. The van der Waals surface area contributed by atoms with E-state index in [1.165, 1.54) is 5.56 Å². The number of fused-ring (bicyclic) bond motifs is 1. The molecule has 0 spiro atoms. The molecule has 4 rings (SSSR count). The molecule has 0 aromatic heterocycles. The average Bonchev–Trinajstić information content (AvgIpc) is 3.13. The SMILES string of the molecule is CN(C(=O)CCN1Cc2ccccc2C1=O)C1CCCN(CCCc2ccccc2)C1. The third kappa shape index (κ3) is 5.34. The Morgan fingerprint density at radius 2 is 1.84 bits per heavy atom. The van der Waals surface area contributed by atoms with E-state index in [2.05, 4.69) is 35.2 Å². The lowest BCUT2D eigenvalue weighted by molar-refractivity contribution is -0.133. The van der Waals surface area contributed by atoms with E-state index in [4.69, 9.17) is 0 Å². The van der Waals surface area contributed by atoms with Gasteiger partial charge in [0.05, 0.1) is 0 Å². The Bertz CT molecular complexity index is 899. The van der Waals surface area contributed by atoms with Crippen LogP contribution in [0.5, 0.6) is 0 Å². The monoisotopic (exact) mass is 419 g/mol. The highest BCUT2D eigenvalue weighted by atomic mass is 16.2. The lowest BCUT2D eigenvalue weighted by atomic mass is 10.0. The van der Waals surface area contributed by atoms with Crippen molar-refractivity contribution >= 4 is 11.8 Å². The summed E-state index contributed by atoms with van der Waals surface area (Å²) in [6, 6.07) is 18.6. The molecular formula is C26H33N3O2. The van der Waals surface area contributed by atoms with Crippen molar-refractivity contribution in [2.75, 3.05) is 33.2 Å². The van der Waals surface area contributed by atoms with Gasteiger partial charge in [-0.15, -0.1) is 0 Å². The Labute approximate surface area is 185 Å². The Morgan fingerprint density at radius 3 is 2.65 bits per heavy atom. The number of aryl methyl sites for hydroxylation is 1. The van der Waals surface area contributed by atoms with E-state index in [9.17, 15) is 9.59 Å². The molecule has 2 aliphatic heterocycles. The number of likely N-dealkylation sites (tertiary alicyclic amines) is 1. The standard InChI is InChI=1S/C26H33N3O2/c1-27(25(30)15-18-29-19-22-12-5-6-14-24(22)26(29)31)23-13-8-17-28(20-23)16-7-11-21-9-3-2-4-10-21/h2-6,9-10,12,14,23H,7-8,11,13,15-20H2,1H3. The van der Waals surface area contributed by atoms with Crippen LogP contribution in [0.2, 0.25) is 0 Å². The molecule has 164 valence electrons. The first-order valence-electron chi connectivity index (χ1n) is 11.5. The van der Waals surface area contributed by atoms with E-state index in [-0.39, 0.29) is 17.9 Å². The number of hydrogen-bond acceptors (Lipinski definition) is 3. The Kier molecular flexibility index (Phi) is 7.03. The first kappa shape index (κ1) is 21.6. The molecular weight excluding hydrogens is 386 g/mol. The number of benzene rings is 2. The van der Waals surface area contributed by atoms with Crippen LogP contribution in [0, 0.1) is 0 Å². The molecule has 0 bridgehead atoms. The Hall–Kier alpha value is -2.66. The normalized spacial score (nSPS) is 18.8. The lowest BCUT2D eigenvalue weighted by Crippen LogP contribution is -2.49. The predicted molar refractivity (Wildman–Crippen MR) is 123 cm³/mol. The molecule has 1 saturated heterocycles. The molecule has 1 atom stereocenters. The predicted octanol–water partition coefficient (Wildman–Crippen LogP) is 3.59. The van der Waals surface area contributed by atoms with Gasteiger partial charge in [0, 0.05) is 44.7 Å². The van der Waals surface area contributed by atoms with E-state index in [1.54, 1.807) is 4.90 Å². The zero-order valence-electron chi connectivity index (χ0n) is 18.5. The number of carbonyl (C=O) groups is 2. The second kappa shape index (κ2) is 10.1. The third-order valence-electron chi connectivity index (χ3n) is 6.70. The summed E-state index contributed by atoms with van der Waals surface area (Å²) in [5, 5.41) is 0. The second-order valence-electron chi connectivity index (χ2n) is 8.82. The van der Waals surface area contributed by atoms with Crippen LogP contribution in [-0.2, 0) is 17.8 Å². The van der Waals surface area contributed by atoms with Crippen LogP contribution in [0.15, 0.2) is 54.6 Å². The summed E-state index contributed by atoms with van der Waals surface area (Å²) in [6.45, 7) is 4.25. The molecule has 5 nitrogen and oxygen atoms in total. The summed E-state index contributed by atoms with van der Waals surface area (Å²) >= 11 is 0. The van der Waals surface area contributed by atoms with E-state index in [0.29, 0.717) is 19.5 Å². The second-order valence-corrected chi connectivity index (χ2v) is 8.82. The van der Waals surface area contributed by atoms with Crippen LogP contribution in [0.4, 0.5) is 0 Å². The van der Waals surface area contributed by atoms with Crippen LogP contribution >= 0.6 is 0 Å². The Morgan fingerprint density at radius 1 is 1.06 bits per heavy atom. The van der Waals surface area contributed by atoms with Crippen molar-refractivity contribution in [3.05, 3.63) is 71.3 Å². The highest BCUT2D eigenvalue weighted by Gasteiger charge is 2.29. The number of likely N-dealkylation sites (N-methyl/N-ethyl adjacent to an activating group) is 1. The van der Waals surface area contributed by atoms with Crippen LogP contribution < -0.4 is 0 Å². The van der Waals surface area contributed by atoms with Gasteiger partial charge >= 0.3 is 0 Å². The maximum absolute atomic E-state index is 12.9. The first-order chi connectivity index (χ1) is 15.1. The average molecular weight is 420 g/mol. The number of nitrogens with zero attached hydrogens (tertiary/aromatic N) is 3. The van der Waals surface area contributed by atoms with Crippen molar-refractivity contribution in [1.82, 2.24) is 14.7 Å². The molecule has 0 radical (unpaired) electrons. The molecule has 2 aromatic carbocycles. The van der Waals surface area contributed by atoms with Crippen molar-refractivity contribution in [3.63, 3.8) is 0 Å². The van der Waals surface area contributed by atoms with Gasteiger partial charge in [-0.05, 0) is 56.0 Å². The highest BCUT2D eigenvalue weighted by molar-refractivity contribution is 5.98. The van der Waals surface area contributed by atoms with E-state index < -0.39 is 0 Å². The number of hydrogen-bond donors (Lipinski definition) is 0. The highest BCUT2D eigenvalue weighted by Crippen LogP contribution is 2.23. The van der Waals surface area contributed by atoms with Gasteiger partial charge in [-0.25, -0.2) is 0 Å². The van der Waals surface area contributed by atoms with Crippen LogP contribution in [-0.4, -0.2) is 65.8 Å². The number of piperidine rings is 1. The summed E-state index contributed by atoms with van der Waals surface area (Å²) in [5.41, 5.74) is 3.23. The fourth-order valence-corrected chi connectivity index (χ4v) is 4.81. The number of rotatable bonds is 8. The van der Waals surface area contributed by atoms with Crippen molar-refractivity contribution < 1.29 is 9.59 Å². The number of carbonyl (C=O) groups excluding carboxylic acids is 2. The first-order valence-corrected chi connectivity index (χ1v) is 11.5. The van der Waals surface area contributed by atoms with Crippen molar-refractivity contribution in [2.24, 2.45) is 0 Å². The molecule has 31 heavy (non-hydrogen) atoms. The molecule has 0 N–H and O–H groups in total. The number of amides is 2. The quantitative estimate of drug-likeness (QED) is 0.657. The van der Waals surface area contributed by atoms with Gasteiger partial charge in [-0.1, -0.05) is 48.5 Å². The minimum Gasteiger partial charge on any atom is -0.341 e. The van der Waals surface area contributed by atoms with Gasteiger partial charge in [-0.3, -0.25) is 9.59 Å². The molecule has 2 heterocycles. The van der Waals surface area contributed by atoms with Crippen LogP contribution in [0.1, 0.15) is 47.2 Å². The van der Waals surface area contributed by atoms with Crippen molar-refractivity contribution in [3.8, 4) is 0 Å². The van der Waals surface area contributed by atoms with E-state index >= 15 is 0 Å². The molecule has 1 unspecified atom stereocenters. The fraction of sp³-hybridized carbons (Fsp3) is 0.462. The smallest absolute Gasteiger partial charge is 0.254 e. The molecule has 0 saturated carbocycles. The fourth-order valence-electron chi connectivity index (χ4n) is 4.81. The Balaban J connectivity index is 1.21. The van der Waals surface area contributed by atoms with E-state index in [0.717, 1.165) is 56.4 Å². The molecule has 5 heteroatoms. The largest absolute Gasteiger partial charge is 0.341 e. The van der Waals surface area contributed by atoms with Crippen molar-refractivity contribution in [1.29, 1.82) is 0 Å². The third-order valence-corrected chi connectivity index (χ3v) is 6.70. The summed E-state index contributed by atoms with van der Waals surface area (Å²) in [4.78, 5) is 31.6. The van der Waals surface area contributed by atoms with Gasteiger partial charge in [0.2, 0.25) is 5.91 Å². The summed E-state index contributed by atoms with van der Waals surface area (Å²) in [6.07, 6.45) is 4.83. The van der Waals surface area contributed by atoms with Crippen molar-refractivity contribution in [2.45, 2.75) is 44.7 Å². The maximum atomic E-state index is 12.9.